The van der Waals surface area contributed by atoms with Crippen LogP contribution in [0.4, 0.5) is 0 Å². The molecule has 2 atom stereocenters. The minimum atomic E-state index is -0.322. The number of esters is 1. The lowest BCUT2D eigenvalue weighted by Crippen LogP contribution is -2.25. The van der Waals surface area contributed by atoms with E-state index in [4.69, 9.17) is 14.6 Å². The molecule has 1 saturated heterocycles. The Morgan fingerprint density at radius 2 is 2.10 bits per heavy atom. The summed E-state index contributed by atoms with van der Waals surface area (Å²) in [6.07, 6.45) is 0.849. The number of nitrogens with one attached hydrogen (secondary N) is 1. The van der Waals surface area contributed by atoms with Crippen LogP contribution in [0.3, 0.4) is 0 Å². The van der Waals surface area contributed by atoms with Gasteiger partial charge in [0, 0.05) is 19.0 Å². The van der Waals surface area contributed by atoms with Crippen LogP contribution >= 0.6 is 12.4 Å². The molecular weight excluding hydrogens is 282 g/mol. The number of hydrogen-bond acceptors (Lipinski definition) is 5. The molecule has 1 aliphatic rings. The number of hydrogen-bond donors (Lipinski definition) is 2. The SMILES string of the molecule is CCOC(=O)c1ccc(O[C@H]2CN[C@H](CO)C2)cc1.Cl. The average Bonchev–Trinajstić information content (AvgIpc) is 2.87. The summed E-state index contributed by atoms with van der Waals surface area (Å²) in [6.45, 7) is 3.00. The minimum absolute atomic E-state index is 0. The molecule has 1 fully saturated rings. The summed E-state index contributed by atoms with van der Waals surface area (Å²) in [4.78, 5) is 11.5. The third-order valence-electron chi connectivity index (χ3n) is 3.07. The van der Waals surface area contributed by atoms with Gasteiger partial charge in [0.2, 0.25) is 0 Å². The van der Waals surface area contributed by atoms with Crippen molar-refractivity contribution in [2.75, 3.05) is 19.8 Å². The van der Waals surface area contributed by atoms with E-state index in [0.29, 0.717) is 12.2 Å². The number of aliphatic hydroxyl groups is 1. The van der Waals surface area contributed by atoms with E-state index in [1.165, 1.54) is 0 Å². The van der Waals surface area contributed by atoms with Crippen molar-refractivity contribution in [3.63, 3.8) is 0 Å². The Hall–Kier alpha value is -1.30. The van der Waals surface area contributed by atoms with Crippen molar-refractivity contribution in [3.05, 3.63) is 29.8 Å². The Kier molecular flexibility index (Phi) is 6.78. The van der Waals surface area contributed by atoms with E-state index in [1.54, 1.807) is 31.2 Å². The van der Waals surface area contributed by atoms with Crippen LogP contribution in [0, 0.1) is 0 Å². The molecule has 1 aromatic carbocycles. The number of aliphatic hydroxyl groups excluding tert-OH is 1. The highest BCUT2D eigenvalue weighted by Crippen LogP contribution is 2.18. The molecule has 0 aromatic heterocycles. The molecular formula is C14H20ClNO4. The molecule has 20 heavy (non-hydrogen) atoms. The number of carbonyl (C=O) groups is 1. The Morgan fingerprint density at radius 3 is 2.65 bits per heavy atom. The first-order chi connectivity index (χ1) is 9.22. The van der Waals surface area contributed by atoms with Gasteiger partial charge in [-0.1, -0.05) is 0 Å². The van der Waals surface area contributed by atoms with E-state index >= 15 is 0 Å². The molecule has 112 valence electrons. The fourth-order valence-electron chi connectivity index (χ4n) is 2.09. The van der Waals surface area contributed by atoms with Gasteiger partial charge in [0.25, 0.3) is 0 Å². The van der Waals surface area contributed by atoms with E-state index in [1.807, 2.05) is 0 Å². The zero-order valence-electron chi connectivity index (χ0n) is 11.4. The number of benzene rings is 1. The first kappa shape index (κ1) is 16.8. The second-order valence-corrected chi connectivity index (χ2v) is 4.51. The van der Waals surface area contributed by atoms with Crippen molar-refractivity contribution in [3.8, 4) is 5.75 Å². The number of halogens is 1. The minimum Gasteiger partial charge on any atom is -0.489 e. The molecule has 0 spiro atoms. The molecule has 0 unspecified atom stereocenters. The summed E-state index contributed by atoms with van der Waals surface area (Å²) in [5.74, 6) is 0.398. The van der Waals surface area contributed by atoms with E-state index < -0.39 is 0 Å². The zero-order valence-corrected chi connectivity index (χ0v) is 12.2. The van der Waals surface area contributed by atoms with Crippen LogP contribution in [0.25, 0.3) is 0 Å². The fourth-order valence-corrected chi connectivity index (χ4v) is 2.09. The van der Waals surface area contributed by atoms with Gasteiger partial charge in [-0.2, -0.15) is 0 Å². The summed E-state index contributed by atoms with van der Waals surface area (Å²) in [6, 6.07) is 7.03. The van der Waals surface area contributed by atoms with Gasteiger partial charge in [-0.25, -0.2) is 4.79 Å². The Balaban J connectivity index is 0.00000200. The maximum Gasteiger partial charge on any atom is 0.338 e. The van der Waals surface area contributed by atoms with Crippen LogP contribution in [0.2, 0.25) is 0 Å². The van der Waals surface area contributed by atoms with E-state index in [9.17, 15) is 4.79 Å². The van der Waals surface area contributed by atoms with Crippen molar-refractivity contribution in [2.24, 2.45) is 0 Å². The molecule has 2 rings (SSSR count). The smallest absolute Gasteiger partial charge is 0.338 e. The normalized spacial score (nSPS) is 21.1. The third-order valence-corrected chi connectivity index (χ3v) is 3.07. The van der Waals surface area contributed by atoms with Gasteiger partial charge in [-0.3, -0.25) is 0 Å². The van der Waals surface area contributed by atoms with Crippen LogP contribution in [-0.4, -0.2) is 43.0 Å². The van der Waals surface area contributed by atoms with Gasteiger partial charge in [0.05, 0.1) is 18.8 Å². The van der Waals surface area contributed by atoms with Crippen LogP contribution in [0.1, 0.15) is 23.7 Å². The first-order valence-corrected chi connectivity index (χ1v) is 6.51. The van der Waals surface area contributed by atoms with Crippen molar-refractivity contribution in [1.29, 1.82) is 0 Å². The largest absolute Gasteiger partial charge is 0.489 e. The monoisotopic (exact) mass is 301 g/mol. The third kappa shape index (κ3) is 4.37. The highest BCUT2D eigenvalue weighted by atomic mass is 35.5. The lowest BCUT2D eigenvalue weighted by atomic mass is 10.2. The van der Waals surface area contributed by atoms with Crippen LogP contribution in [-0.2, 0) is 4.74 Å². The van der Waals surface area contributed by atoms with E-state index in [-0.39, 0.29) is 37.1 Å². The van der Waals surface area contributed by atoms with Crippen molar-refractivity contribution in [2.45, 2.75) is 25.5 Å². The predicted molar refractivity (Wildman–Crippen MR) is 77.6 cm³/mol. The second-order valence-electron chi connectivity index (χ2n) is 4.51. The zero-order chi connectivity index (χ0) is 13.7. The summed E-state index contributed by atoms with van der Waals surface area (Å²) >= 11 is 0. The molecule has 1 aromatic rings. The topological polar surface area (TPSA) is 67.8 Å². The number of ether oxygens (including phenoxy) is 2. The van der Waals surface area contributed by atoms with Crippen LogP contribution < -0.4 is 10.1 Å². The number of carbonyl (C=O) groups excluding carboxylic acids is 1. The molecule has 6 heteroatoms. The Morgan fingerprint density at radius 1 is 1.40 bits per heavy atom. The van der Waals surface area contributed by atoms with Gasteiger partial charge < -0.3 is 19.9 Å². The Labute approximate surface area is 124 Å². The molecule has 0 bridgehead atoms. The lowest BCUT2D eigenvalue weighted by molar-refractivity contribution is 0.0526. The summed E-state index contributed by atoms with van der Waals surface area (Å²) < 4.78 is 10.7. The van der Waals surface area contributed by atoms with Crippen molar-refractivity contribution in [1.82, 2.24) is 5.32 Å². The molecule has 2 N–H and O–H groups in total. The van der Waals surface area contributed by atoms with Gasteiger partial charge in [-0.05, 0) is 31.2 Å². The maximum absolute atomic E-state index is 11.5. The highest BCUT2D eigenvalue weighted by molar-refractivity contribution is 5.89. The van der Waals surface area contributed by atoms with Crippen LogP contribution in [0.15, 0.2) is 24.3 Å². The molecule has 1 aliphatic heterocycles. The molecule has 5 nitrogen and oxygen atoms in total. The summed E-state index contributed by atoms with van der Waals surface area (Å²) in [7, 11) is 0. The molecule has 0 amide bonds. The van der Waals surface area contributed by atoms with Crippen LogP contribution in [0.5, 0.6) is 5.75 Å². The number of rotatable bonds is 5. The molecule has 0 saturated carbocycles. The first-order valence-electron chi connectivity index (χ1n) is 6.51. The van der Waals surface area contributed by atoms with Gasteiger partial charge in [-0.15, -0.1) is 12.4 Å². The lowest BCUT2D eigenvalue weighted by Gasteiger charge is -2.13. The standard InChI is InChI=1S/C14H19NO4.ClH/c1-2-18-14(17)10-3-5-12(6-4-10)19-13-7-11(9-16)15-8-13;/h3-6,11,13,15-16H,2,7-9H2,1H3;1H/t11-,13+;/m0./s1. The quantitative estimate of drug-likeness (QED) is 0.805. The van der Waals surface area contributed by atoms with Crippen molar-refractivity contribution >= 4 is 18.4 Å². The second kappa shape index (κ2) is 8.09. The average molecular weight is 302 g/mol. The van der Waals surface area contributed by atoms with Gasteiger partial charge in [0.1, 0.15) is 11.9 Å². The van der Waals surface area contributed by atoms with E-state index in [0.717, 1.165) is 18.7 Å². The highest BCUT2D eigenvalue weighted by Gasteiger charge is 2.24. The predicted octanol–water partition coefficient (Wildman–Crippen LogP) is 1.39. The maximum atomic E-state index is 11.5. The summed E-state index contributed by atoms with van der Waals surface area (Å²) in [5, 5.41) is 12.2. The Bertz CT molecular complexity index is 424. The molecule has 1 heterocycles. The van der Waals surface area contributed by atoms with Gasteiger partial charge >= 0.3 is 5.97 Å². The molecule has 0 radical (unpaired) electrons. The fraction of sp³-hybridized carbons (Fsp3) is 0.500. The molecule has 0 aliphatic carbocycles. The van der Waals surface area contributed by atoms with Gasteiger partial charge in [0.15, 0.2) is 0 Å². The summed E-state index contributed by atoms with van der Waals surface area (Å²) in [5.41, 5.74) is 0.520. The van der Waals surface area contributed by atoms with Crippen molar-refractivity contribution < 1.29 is 19.4 Å². The van der Waals surface area contributed by atoms with E-state index in [2.05, 4.69) is 5.32 Å².